The third kappa shape index (κ3) is 3.51. The summed E-state index contributed by atoms with van der Waals surface area (Å²) >= 11 is 0. The van der Waals surface area contributed by atoms with Gasteiger partial charge >= 0.3 is 0 Å². The lowest BCUT2D eigenvalue weighted by molar-refractivity contribution is 0.407. The van der Waals surface area contributed by atoms with Crippen LogP contribution in [0.3, 0.4) is 0 Å². The molecule has 0 atom stereocenters. The smallest absolute Gasteiger partial charge is 0.127 e. The van der Waals surface area contributed by atoms with E-state index in [9.17, 15) is 8.78 Å². The number of nitrogens with one attached hydrogen (secondary N) is 1. The maximum Gasteiger partial charge on any atom is 0.127 e. The average Bonchev–Trinajstić information content (AvgIpc) is 2.43. The molecule has 19 heavy (non-hydrogen) atoms. The van der Waals surface area contributed by atoms with Crippen LogP contribution in [0, 0.1) is 11.6 Å². The van der Waals surface area contributed by atoms with Crippen LogP contribution in [0.2, 0.25) is 0 Å². The molecule has 0 unspecified atom stereocenters. The van der Waals surface area contributed by atoms with Crippen molar-refractivity contribution >= 4 is 0 Å². The molecule has 100 valence electrons. The predicted molar refractivity (Wildman–Crippen MR) is 69.9 cm³/mol. The Morgan fingerprint density at radius 3 is 2.53 bits per heavy atom. The summed E-state index contributed by atoms with van der Waals surface area (Å²) in [5, 5.41) is 3.07. The van der Waals surface area contributed by atoms with Gasteiger partial charge in [-0.05, 0) is 24.3 Å². The molecule has 2 aromatic carbocycles. The van der Waals surface area contributed by atoms with Gasteiger partial charge in [-0.25, -0.2) is 8.78 Å². The Morgan fingerprint density at radius 2 is 1.74 bits per heavy atom. The molecule has 0 spiro atoms. The van der Waals surface area contributed by atoms with E-state index in [-0.39, 0.29) is 6.54 Å². The quantitative estimate of drug-likeness (QED) is 0.894. The number of hydrogen-bond acceptors (Lipinski definition) is 2. The van der Waals surface area contributed by atoms with Gasteiger partial charge in [0, 0.05) is 24.2 Å². The van der Waals surface area contributed by atoms with Crippen LogP contribution in [0.15, 0.2) is 42.5 Å². The molecule has 0 amide bonds. The largest absolute Gasteiger partial charge is 0.496 e. The third-order valence-electron chi connectivity index (χ3n) is 2.83. The number of rotatable bonds is 5. The van der Waals surface area contributed by atoms with Gasteiger partial charge in [-0.1, -0.05) is 18.2 Å². The fraction of sp³-hybridized carbons (Fsp3) is 0.200. The zero-order chi connectivity index (χ0) is 13.7. The normalized spacial score (nSPS) is 10.5. The van der Waals surface area contributed by atoms with Crippen molar-refractivity contribution in [1.82, 2.24) is 5.32 Å². The summed E-state index contributed by atoms with van der Waals surface area (Å²) in [7, 11) is 1.60. The second kappa shape index (κ2) is 6.29. The molecule has 1 N–H and O–H groups in total. The molecular weight excluding hydrogens is 248 g/mol. The van der Waals surface area contributed by atoms with Gasteiger partial charge in [-0.3, -0.25) is 0 Å². The molecule has 0 heterocycles. The second-order valence-corrected chi connectivity index (χ2v) is 4.15. The molecule has 0 aliphatic heterocycles. The van der Waals surface area contributed by atoms with E-state index in [4.69, 9.17) is 4.74 Å². The minimum Gasteiger partial charge on any atom is -0.496 e. The van der Waals surface area contributed by atoms with Crippen molar-refractivity contribution in [2.45, 2.75) is 13.1 Å². The summed E-state index contributed by atoms with van der Waals surface area (Å²) in [5.41, 5.74) is 1.29. The lowest BCUT2D eigenvalue weighted by atomic mass is 10.1. The van der Waals surface area contributed by atoms with Crippen LogP contribution in [-0.2, 0) is 13.1 Å². The Morgan fingerprint density at radius 1 is 1.00 bits per heavy atom. The van der Waals surface area contributed by atoms with Crippen molar-refractivity contribution in [3.8, 4) is 5.75 Å². The summed E-state index contributed by atoms with van der Waals surface area (Å²) in [5.74, 6) is -0.0702. The van der Waals surface area contributed by atoms with E-state index in [1.807, 2.05) is 24.3 Å². The number of para-hydroxylation sites is 1. The lowest BCUT2D eigenvalue weighted by Gasteiger charge is -2.10. The predicted octanol–water partition coefficient (Wildman–Crippen LogP) is 3.26. The van der Waals surface area contributed by atoms with E-state index in [1.54, 1.807) is 7.11 Å². The van der Waals surface area contributed by atoms with Crippen LogP contribution in [0.5, 0.6) is 5.75 Å². The minimum atomic E-state index is -0.435. The first-order chi connectivity index (χ1) is 9.20. The fourth-order valence-corrected chi connectivity index (χ4v) is 1.86. The highest BCUT2D eigenvalue weighted by Gasteiger charge is 2.05. The average molecular weight is 263 g/mol. The van der Waals surface area contributed by atoms with E-state index in [0.717, 1.165) is 23.4 Å². The van der Waals surface area contributed by atoms with Gasteiger partial charge in [0.25, 0.3) is 0 Å². The SMILES string of the molecule is COc1ccccc1CNCc1cc(F)ccc1F. The molecule has 0 fully saturated rings. The van der Waals surface area contributed by atoms with Crippen molar-refractivity contribution in [3.05, 3.63) is 65.2 Å². The number of methoxy groups -OCH3 is 1. The molecule has 0 aromatic heterocycles. The molecule has 0 radical (unpaired) electrons. The zero-order valence-electron chi connectivity index (χ0n) is 10.6. The maximum atomic E-state index is 13.4. The Bertz CT molecular complexity index is 558. The molecule has 4 heteroatoms. The van der Waals surface area contributed by atoms with Gasteiger partial charge in [0.15, 0.2) is 0 Å². The Balaban J connectivity index is 1.98. The number of hydrogen-bond donors (Lipinski definition) is 1. The van der Waals surface area contributed by atoms with Crippen LogP contribution in [0.1, 0.15) is 11.1 Å². The van der Waals surface area contributed by atoms with Crippen LogP contribution in [-0.4, -0.2) is 7.11 Å². The van der Waals surface area contributed by atoms with Crippen molar-refractivity contribution in [3.63, 3.8) is 0 Å². The van der Waals surface area contributed by atoms with Crippen LogP contribution < -0.4 is 10.1 Å². The highest BCUT2D eigenvalue weighted by atomic mass is 19.1. The summed E-state index contributed by atoms with van der Waals surface area (Å²) < 4.78 is 31.6. The first kappa shape index (κ1) is 13.5. The highest BCUT2D eigenvalue weighted by molar-refractivity contribution is 5.33. The molecule has 0 bridgehead atoms. The van der Waals surface area contributed by atoms with E-state index in [2.05, 4.69) is 5.32 Å². The first-order valence-electron chi connectivity index (χ1n) is 5.97. The molecule has 0 saturated carbocycles. The van der Waals surface area contributed by atoms with E-state index < -0.39 is 11.6 Å². The monoisotopic (exact) mass is 263 g/mol. The summed E-state index contributed by atoms with van der Waals surface area (Å²) in [4.78, 5) is 0. The fourth-order valence-electron chi connectivity index (χ4n) is 1.86. The van der Waals surface area contributed by atoms with Crippen molar-refractivity contribution in [1.29, 1.82) is 0 Å². The van der Waals surface area contributed by atoms with Gasteiger partial charge in [-0.2, -0.15) is 0 Å². The summed E-state index contributed by atoms with van der Waals surface area (Å²) in [6.07, 6.45) is 0. The van der Waals surface area contributed by atoms with E-state index in [1.165, 1.54) is 6.07 Å². The molecule has 0 aliphatic carbocycles. The Labute approximate surface area is 111 Å². The van der Waals surface area contributed by atoms with Crippen molar-refractivity contribution in [2.24, 2.45) is 0 Å². The highest BCUT2D eigenvalue weighted by Crippen LogP contribution is 2.17. The minimum absolute atomic E-state index is 0.266. The lowest BCUT2D eigenvalue weighted by Crippen LogP contribution is -2.14. The molecule has 0 saturated heterocycles. The molecule has 2 aromatic rings. The maximum absolute atomic E-state index is 13.4. The van der Waals surface area contributed by atoms with Gasteiger partial charge < -0.3 is 10.1 Å². The standard InChI is InChI=1S/C15H15F2NO/c1-19-15-5-3-2-4-11(15)9-18-10-12-8-13(16)6-7-14(12)17/h2-8,18H,9-10H2,1H3. The second-order valence-electron chi connectivity index (χ2n) is 4.15. The van der Waals surface area contributed by atoms with Crippen LogP contribution >= 0.6 is 0 Å². The number of ether oxygens (including phenoxy) is 1. The molecule has 2 rings (SSSR count). The molecular formula is C15H15F2NO. The first-order valence-corrected chi connectivity index (χ1v) is 5.97. The Hall–Kier alpha value is -1.94. The topological polar surface area (TPSA) is 21.3 Å². The van der Waals surface area contributed by atoms with Crippen molar-refractivity contribution in [2.75, 3.05) is 7.11 Å². The van der Waals surface area contributed by atoms with Gasteiger partial charge in [-0.15, -0.1) is 0 Å². The third-order valence-corrected chi connectivity index (χ3v) is 2.83. The van der Waals surface area contributed by atoms with Crippen molar-refractivity contribution < 1.29 is 13.5 Å². The molecule has 2 nitrogen and oxygen atoms in total. The van der Waals surface area contributed by atoms with Gasteiger partial charge in [0.05, 0.1) is 7.11 Å². The van der Waals surface area contributed by atoms with E-state index >= 15 is 0 Å². The Kier molecular flexibility index (Phi) is 4.47. The number of halogens is 2. The zero-order valence-corrected chi connectivity index (χ0v) is 10.6. The summed E-state index contributed by atoms with van der Waals surface area (Å²) in [6.45, 7) is 0.793. The summed E-state index contributed by atoms with van der Waals surface area (Å²) in [6, 6.07) is 11.0. The van der Waals surface area contributed by atoms with Crippen LogP contribution in [0.25, 0.3) is 0 Å². The van der Waals surface area contributed by atoms with Gasteiger partial charge in [0.1, 0.15) is 17.4 Å². The number of benzene rings is 2. The van der Waals surface area contributed by atoms with E-state index in [0.29, 0.717) is 12.1 Å². The molecule has 0 aliphatic rings. The van der Waals surface area contributed by atoms with Crippen LogP contribution in [0.4, 0.5) is 8.78 Å². The van der Waals surface area contributed by atoms with Gasteiger partial charge in [0.2, 0.25) is 0 Å².